The maximum absolute atomic E-state index is 13.2. The first-order valence-corrected chi connectivity index (χ1v) is 11.6. The van der Waals surface area contributed by atoms with Crippen molar-refractivity contribution in [3.05, 3.63) is 88.3 Å². The maximum atomic E-state index is 13.2. The average molecular weight is 508 g/mol. The summed E-state index contributed by atoms with van der Waals surface area (Å²) in [6.07, 6.45) is 3.06. The molecule has 0 aliphatic carbocycles. The lowest BCUT2D eigenvalue weighted by molar-refractivity contribution is 0.0995. The van der Waals surface area contributed by atoms with E-state index in [1.54, 1.807) is 42.6 Å². The van der Waals surface area contributed by atoms with Crippen molar-refractivity contribution in [1.82, 2.24) is 19.3 Å². The molecule has 0 radical (unpaired) electrons. The fourth-order valence-electron chi connectivity index (χ4n) is 4.36. The number of benzene rings is 1. The van der Waals surface area contributed by atoms with Gasteiger partial charge in [-0.2, -0.15) is 10.0 Å². The number of nitrogens with two attached hydrogens (primary N) is 1. The first-order chi connectivity index (χ1) is 18.3. The molecule has 0 spiro atoms. The Morgan fingerprint density at radius 2 is 1.97 bits per heavy atom. The summed E-state index contributed by atoms with van der Waals surface area (Å²) in [6, 6.07) is 15.4. The number of fused-ring (bicyclic) bond motifs is 1. The molecule has 38 heavy (non-hydrogen) atoms. The number of nitrogens with zero attached hydrogens (tertiary/aromatic N) is 5. The largest absolute Gasteiger partial charge is 0.366 e. The highest BCUT2D eigenvalue weighted by atomic mass is 16.5. The van der Waals surface area contributed by atoms with Gasteiger partial charge in [-0.05, 0) is 43.3 Å². The number of pyridine rings is 2. The van der Waals surface area contributed by atoms with Crippen molar-refractivity contribution >= 4 is 28.4 Å². The second-order valence-corrected chi connectivity index (χ2v) is 8.41. The standard InChI is InChI=1S/C27H21N7O4/c1-3-34-20(19-8-7-17(14-31-19)22-21(13-28)38-33(2)27(22)37)12-15-9-10-30-23(24(15)34)26(36)32-18-6-4-5-16(11-18)25(29)35/h4-12,14H,3H2,1-2H3,(H2,29,35)(H,32,36). The number of anilines is 1. The Balaban J connectivity index is 1.54. The minimum absolute atomic E-state index is 0.0854. The molecule has 3 N–H and O–H groups in total. The van der Waals surface area contributed by atoms with Crippen LogP contribution in [0.5, 0.6) is 0 Å². The van der Waals surface area contributed by atoms with Crippen molar-refractivity contribution in [2.75, 3.05) is 5.32 Å². The van der Waals surface area contributed by atoms with Crippen LogP contribution < -0.4 is 16.6 Å². The second kappa shape index (κ2) is 9.51. The Morgan fingerprint density at radius 1 is 1.16 bits per heavy atom. The van der Waals surface area contributed by atoms with Gasteiger partial charge in [0.05, 0.1) is 16.9 Å². The molecule has 11 heteroatoms. The van der Waals surface area contributed by atoms with E-state index < -0.39 is 17.4 Å². The van der Waals surface area contributed by atoms with Crippen molar-refractivity contribution in [2.24, 2.45) is 12.8 Å². The molecular formula is C27H21N7O4. The Bertz CT molecular complexity index is 1820. The monoisotopic (exact) mass is 507 g/mol. The van der Waals surface area contributed by atoms with Gasteiger partial charge >= 0.3 is 0 Å². The number of aromatic nitrogens is 4. The molecule has 5 aromatic rings. The molecule has 1 aromatic carbocycles. The molecule has 0 saturated heterocycles. The van der Waals surface area contributed by atoms with Gasteiger partial charge in [0.2, 0.25) is 11.7 Å². The molecule has 5 rings (SSSR count). The molecule has 11 nitrogen and oxygen atoms in total. The molecular weight excluding hydrogens is 486 g/mol. The number of carbonyl (C=O) groups is 2. The van der Waals surface area contributed by atoms with Crippen molar-refractivity contribution in [2.45, 2.75) is 13.5 Å². The third-order valence-corrected chi connectivity index (χ3v) is 6.12. The lowest BCUT2D eigenvalue weighted by Crippen LogP contribution is -2.17. The molecule has 0 unspecified atom stereocenters. The summed E-state index contributed by atoms with van der Waals surface area (Å²) in [5, 5.41) is 12.9. The SMILES string of the molecule is CCn1c(-c2ccc(-c3c(C#N)on(C)c3=O)cn2)cc2ccnc(C(=O)Nc3cccc(C(N)=O)c3)c21. The van der Waals surface area contributed by atoms with Crippen LogP contribution in [0.4, 0.5) is 5.69 Å². The summed E-state index contributed by atoms with van der Waals surface area (Å²) in [5.41, 5.74) is 8.39. The molecule has 0 aliphatic heterocycles. The topological polar surface area (TPSA) is 162 Å². The van der Waals surface area contributed by atoms with Crippen LogP contribution in [0.25, 0.3) is 33.4 Å². The summed E-state index contributed by atoms with van der Waals surface area (Å²) >= 11 is 0. The van der Waals surface area contributed by atoms with E-state index in [-0.39, 0.29) is 22.6 Å². The van der Waals surface area contributed by atoms with Gasteiger partial charge in [-0.15, -0.1) is 0 Å². The predicted molar refractivity (Wildman–Crippen MR) is 139 cm³/mol. The maximum Gasteiger partial charge on any atom is 0.291 e. The normalized spacial score (nSPS) is 10.9. The number of nitrogens with one attached hydrogen (secondary N) is 1. The van der Waals surface area contributed by atoms with Crippen molar-refractivity contribution in [1.29, 1.82) is 5.26 Å². The molecule has 0 bridgehead atoms. The molecule has 0 aliphatic rings. The third-order valence-electron chi connectivity index (χ3n) is 6.12. The summed E-state index contributed by atoms with van der Waals surface area (Å²) < 4.78 is 8.11. The van der Waals surface area contributed by atoms with Crippen molar-refractivity contribution in [3.8, 4) is 28.6 Å². The molecule has 4 heterocycles. The van der Waals surface area contributed by atoms with Crippen LogP contribution in [0.1, 0.15) is 33.5 Å². The average Bonchev–Trinajstić information content (AvgIpc) is 3.45. The van der Waals surface area contributed by atoms with Crippen LogP contribution in [0.2, 0.25) is 0 Å². The molecule has 0 saturated carbocycles. The fourth-order valence-corrected chi connectivity index (χ4v) is 4.36. The van der Waals surface area contributed by atoms with Crippen LogP contribution >= 0.6 is 0 Å². The molecule has 2 amide bonds. The minimum atomic E-state index is -0.596. The highest BCUT2D eigenvalue weighted by molar-refractivity contribution is 6.11. The highest BCUT2D eigenvalue weighted by Crippen LogP contribution is 2.30. The highest BCUT2D eigenvalue weighted by Gasteiger charge is 2.21. The first-order valence-electron chi connectivity index (χ1n) is 11.6. The second-order valence-electron chi connectivity index (χ2n) is 8.41. The zero-order valence-corrected chi connectivity index (χ0v) is 20.4. The Hall–Kier alpha value is -5.50. The smallest absolute Gasteiger partial charge is 0.291 e. The number of aryl methyl sites for hydroxylation is 2. The Morgan fingerprint density at radius 3 is 2.66 bits per heavy atom. The van der Waals surface area contributed by atoms with E-state index in [2.05, 4.69) is 15.3 Å². The van der Waals surface area contributed by atoms with E-state index in [9.17, 15) is 19.6 Å². The quantitative estimate of drug-likeness (QED) is 0.356. The van der Waals surface area contributed by atoms with Gasteiger partial charge in [-0.25, -0.2) is 4.98 Å². The van der Waals surface area contributed by atoms with Gasteiger partial charge < -0.3 is 20.1 Å². The predicted octanol–water partition coefficient (Wildman–Crippen LogP) is 3.30. The number of carbonyl (C=O) groups excluding carboxylic acids is 2. The first kappa shape index (κ1) is 24.2. The van der Waals surface area contributed by atoms with Crippen LogP contribution in [0, 0.1) is 11.3 Å². The van der Waals surface area contributed by atoms with Crippen LogP contribution in [-0.2, 0) is 13.6 Å². The summed E-state index contributed by atoms with van der Waals surface area (Å²) in [4.78, 5) is 46.0. The van der Waals surface area contributed by atoms with Gasteiger partial charge in [0.25, 0.3) is 11.5 Å². The van der Waals surface area contributed by atoms with Crippen molar-refractivity contribution in [3.63, 3.8) is 0 Å². The van der Waals surface area contributed by atoms with Gasteiger partial charge in [-0.1, -0.05) is 12.1 Å². The number of nitriles is 1. The molecule has 0 fully saturated rings. The Labute approximate surface area is 215 Å². The van der Waals surface area contributed by atoms with E-state index in [1.165, 1.54) is 19.3 Å². The van der Waals surface area contributed by atoms with Crippen LogP contribution in [0.3, 0.4) is 0 Å². The van der Waals surface area contributed by atoms with Gasteiger partial charge in [-0.3, -0.25) is 19.4 Å². The lowest BCUT2D eigenvalue weighted by atomic mass is 10.1. The number of hydrogen-bond donors (Lipinski definition) is 2. The molecule has 4 aromatic heterocycles. The summed E-state index contributed by atoms with van der Waals surface area (Å²) in [7, 11) is 1.43. The van der Waals surface area contributed by atoms with Gasteiger partial charge in [0, 0.05) is 48.2 Å². The van der Waals surface area contributed by atoms with E-state index in [0.717, 1.165) is 15.8 Å². The summed E-state index contributed by atoms with van der Waals surface area (Å²) in [6.45, 7) is 2.46. The molecule has 0 atom stereocenters. The van der Waals surface area contributed by atoms with Gasteiger partial charge in [0.15, 0.2) is 5.69 Å². The molecule has 188 valence electrons. The zero-order valence-electron chi connectivity index (χ0n) is 20.4. The van der Waals surface area contributed by atoms with E-state index in [1.807, 2.05) is 23.6 Å². The number of rotatable bonds is 6. The lowest BCUT2D eigenvalue weighted by Gasteiger charge is -2.11. The number of amides is 2. The van der Waals surface area contributed by atoms with Crippen molar-refractivity contribution < 1.29 is 14.1 Å². The fraction of sp³-hybridized carbons (Fsp3) is 0.111. The number of hydrogen-bond acceptors (Lipinski definition) is 7. The van der Waals surface area contributed by atoms with Gasteiger partial charge in [0.1, 0.15) is 11.6 Å². The van der Waals surface area contributed by atoms with E-state index >= 15 is 0 Å². The Kier molecular flexibility index (Phi) is 6.06. The van der Waals surface area contributed by atoms with E-state index in [4.69, 9.17) is 10.3 Å². The number of primary amides is 1. The zero-order chi connectivity index (χ0) is 27.0. The van der Waals surface area contributed by atoms with Crippen LogP contribution in [-0.4, -0.2) is 31.1 Å². The van der Waals surface area contributed by atoms with Crippen LogP contribution in [0.15, 0.2) is 70.2 Å². The minimum Gasteiger partial charge on any atom is -0.366 e. The third kappa shape index (κ3) is 4.10. The van der Waals surface area contributed by atoms with E-state index in [0.29, 0.717) is 29.0 Å². The summed E-state index contributed by atoms with van der Waals surface area (Å²) in [5.74, 6) is -1.13.